The first-order valence-corrected chi connectivity index (χ1v) is 10.8. The van der Waals surface area contributed by atoms with Crippen LogP contribution in [0.25, 0.3) is 10.9 Å². The van der Waals surface area contributed by atoms with Crippen LogP contribution in [0.4, 0.5) is 0 Å². The van der Waals surface area contributed by atoms with Gasteiger partial charge < -0.3 is 4.74 Å². The predicted molar refractivity (Wildman–Crippen MR) is 125 cm³/mol. The van der Waals surface area contributed by atoms with Crippen molar-refractivity contribution in [1.82, 2.24) is 9.66 Å². The van der Waals surface area contributed by atoms with E-state index in [-0.39, 0.29) is 11.5 Å². The van der Waals surface area contributed by atoms with Crippen molar-refractivity contribution in [2.45, 2.75) is 26.2 Å². The third kappa shape index (κ3) is 4.85. The van der Waals surface area contributed by atoms with Gasteiger partial charge in [0.05, 0.1) is 17.1 Å². The largest absolute Gasteiger partial charge is 0.489 e. The van der Waals surface area contributed by atoms with Crippen LogP contribution in [-0.2, 0) is 0 Å². The van der Waals surface area contributed by atoms with Gasteiger partial charge in [-0.2, -0.15) is 9.78 Å². The number of hydrogen-bond donors (Lipinski definition) is 0. The minimum Gasteiger partial charge on any atom is -0.489 e. The highest BCUT2D eigenvalue weighted by Crippen LogP contribution is 2.23. The molecule has 0 saturated carbocycles. The van der Waals surface area contributed by atoms with Crippen molar-refractivity contribution in [3.8, 4) is 5.75 Å². The van der Waals surface area contributed by atoms with E-state index >= 15 is 0 Å². The summed E-state index contributed by atoms with van der Waals surface area (Å²) in [6.45, 7) is 8.16. The Labute approximate surface area is 186 Å². The van der Waals surface area contributed by atoms with Crippen molar-refractivity contribution in [2.24, 2.45) is 5.10 Å². The molecule has 1 heterocycles. The summed E-state index contributed by atoms with van der Waals surface area (Å²) in [6, 6.07) is 11.1. The molecule has 0 radical (unpaired) electrons. The van der Waals surface area contributed by atoms with Gasteiger partial charge in [0.25, 0.3) is 5.56 Å². The van der Waals surface area contributed by atoms with E-state index in [4.69, 9.17) is 9.72 Å². The summed E-state index contributed by atoms with van der Waals surface area (Å²) in [5.74, 6) is 1.37. The molecule has 150 valence electrons. The minimum atomic E-state index is -0.202. The molecule has 7 heteroatoms. The van der Waals surface area contributed by atoms with Gasteiger partial charge in [-0.1, -0.05) is 58.4 Å². The maximum atomic E-state index is 13.2. The quantitative estimate of drug-likeness (QED) is 0.290. The van der Waals surface area contributed by atoms with Gasteiger partial charge in [0.2, 0.25) is 0 Å². The molecular weight excluding hydrogens is 498 g/mol. The van der Waals surface area contributed by atoms with Crippen LogP contribution in [0, 0.1) is 0 Å². The first-order chi connectivity index (χ1) is 13.9. The number of rotatable bonds is 7. The summed E-state index contributed by atoms with van der Waals surface area (Å²) in [6.07, 6.45) is 4.15. The van der Waals surface area contributed by atoms with Crippen molar-refractivity contribution in [3.05, 3.63) is 79.7 Å². The summed E-state index contributed by atoms with van der Waals surface area (Å²) in [7, 11) is 0. The highest BCUT2D eigenvalue weighted by atomic mass is 79.9. The Balaban J connectivity index is 2.16. The van der Waals surface area contributed by atoms with Gasteiger partial charge in [-0.15, -0.1) is 0 Å². The van der Waals surface area contributed by atoms with Crippen LogP contribution in [0.1, 0.15) is 37.6 Å². The SMILES string of the molecule is C=CCOc1ccc(Br)cc1C=Nn1c([C@@H](C)CC)nc2ccc(Br)cc2c1=O. The molecule has 29 heavy (non-hydrogen) atoms. The first-order valence-electron chi connectivity index (χ1n) is 9.24. The third-order valence-corrected chi connectivity index (χ3v) is 5.51. The number of hydrogen-bond acceptors (Lipinski definition) is 4. The molecule has 0 bridgehead atoms. The Kier molecular flexibility index (Phi) is 7.03. The van der Waals surface area contributed by atoms with E-state index in [1.807, 2.05) is 37.3 Å². The van der Waals surface area contributed by atoms with E-state index in [1.165, 1.54) is 4.68 Å². The molecule has 0 N–H and O–H groups in total. The van der Waals surface area contributed by atoms with Crippen molar-refractivity contribution in [3.63, 3.8) is 0 Å². The Morgan fingerprint density at radius 1 is 1.24 bits per heavy atom. The lowest BCUT2D eigenvalue weighted by atomic mass is 10.1. The molecule has 5 nitrogen and oxygen atoms in total. The van der Waals surface area contributed by atoms with Gasteiger partial charge in [0, 0.05) is 20.4 Å². The summed E-state index contributed by atoms with van der Waals surface area (Å²) < 4.78 is 8.81. The molecular formula is C22H21Br2N3O2. The van der Waals surface area contributed by atoms with E-state index in [0.29, 0.717) is 29.1 Å². The molecule has 3 rings (SSSR count). The fourth-order valence-electron chi connectivity index (χ4n) is 2.80. The molecule has 0 aliphatic rings. The average molecular weight is 519 g/mol. The average Bonchev–Trinajstić information content (AvgIpc) is 2.72. The van der Waals surface area contributed by atoms with Crippen molar-refractivity contribution >= 4 is 49.0 Å². The second kappa shape index (κ2) is 9.50. The smallest absolute Gasteiger partial charge is 0.282 e. The Morgan fingerprint density at radius 3 is 2.69 bits per heavy atom. The molecule has 0 unspecified atom stereocenters. The first kappa shape index (κ1) is 21.5. The fraction of sp³-hybridized carbons (Fsp3) is 0.227. The topological polar surface area (TPSA) is 56.5 Å². The lowest BCUT2D eigenvalue weighted by Crippen LogP contribution is -2.23. The number of nitrogens with zero attached hydrogens (tertiary/aromatic N) is 3. The molecule has 0 aliphatic heterocycles. The molecule has 3 aromatic rings. The van der Waals surface area contributed by atoms with Gasteiger partial charge in [-0.05, 0) is 42.8 Å². The normalized spacial score (nSPS) is 12.4. The Bertz CT molecular complexity index is 1140. The van der Waals surface area contributed by atoms with Crippen LogP contribution >= 0.6 is 31.9 Å². The monoisotopic (exact) mass is 517 g/mol. The highest BCUT2D eigenvalue weighted by molar-refractivity contribution is 9.10. The van der Waals surface area contributed by atoms with Gasteiger partial charge in [0.1, 0.15) is 18.2 Å². The summed E-state index contributed by atoms with van der Waals surface area (Å²) >= 11 is 6.90. The van der Waals surface area contributed by atoms with E-state index in [1.54, 1.807) is 18.4 Å². The lowest BCUT2D eigenvalue weighted by molar-refractivity contribution is 0.362. The van der Waals surface area contributed by atoms with Crippen LogP contribution in [0.5, 0.6) is 5.75 Å². The lowest BCUT2D eigenvalue weighted by Gasteiger charge is -2.14. The highest BCUT2D eigenvalue weighted by Gasteiger charge is 2.15. The number of fused-ring (bicyclic) bond motifs is 1. The summed E-state index contributed by atoms with van der Waals surface area (Å²) in [5.41, 5.74) is 1.21. The van der Waals surface area contributed by atoms with Crippen LogP contribution in [0.15, 0.2) is 67.9 Å². The Morgan fingerprint density at radius 2 is 1.97 bits per heavy atom. The van der Waals surface area contributed by atoms with Gasteiger partial charge in [0.15, 0.2) is 0 Å². The third-order valence-electron chi connectivity index (χ3n) is 4.53. The molecule has 1 aromatic heterocycles. The number of halogens is 2. The molecule has 0 aliphatic carbocycles. The zero-order chi connectivity index (χ0) is 21.0. The van der Waals surface area contributed by atoms with E-state index in [0.717, 1.165) is 20.9 Å². The van der Waals surface area contributed by atoms with Gasteiger partial charge in [-0.3, -0.25) is 4.79 Å². The van der Waals surface area contributed by atoms with Crippen molar-refractivity contribution in [2.75, 3.05) is 6.61 Å². The second-order valence-corrected chi connectivity index (χ2v) is 8.42. The van der Waals surface area contributed by atoms with E-state index < -0.39 is 0 Å². The minimum absolute atomic E-state index is 0.0758. The molecule has 0 spiro atoms. The van der Waals surface area contributed by atoms with Crippen molar-refractivity contribution in [1.29, 1.82) is 0 Å². The van der Waals surface area contributed by atoms with Crippen LogP contribution in [0.2, 0.25) is 0 Å². The van der Waals surface area contributed by atoms with Crippen LogP contribution < -0.4 is 10.3 Å². The van der Waals surface area contributed by atoms with Crippen LogP contribution in [0.3, 0.4) is 0 Å². The molecule has 0 amide bonds. The maximum absolute atomic E-state index is 13.2. The molecule has 1 atom stereocenters. The van der Waals surface area contributed by atoms with E-state index in [2.05, 4.69) is 50.5 Å². The number of ether oxygens (including phenoxy) is 1. The fourth-order valence-corrected chi connectivity index (χ4v) is 3.54. The maximum Gasteiger partial charge on any atom is 0.282 e. The zero-order valence-electron chi connectivity index (χ0n) is 16.2. The standard InChI is InChI=1S/C22H21Br2N3O2/c1-4-10-29-20-9-7-16(23)11-15(20)13-25-27-21(14(3)5-2)26-19-8-6-17(24)12-18(19)22(27)28/h4,6-9,11-14H,1,5,10H2,2-3H3/t14-/m0/s1. The van der Waals surface area contributed by atoms with Crippen LogP contribution in [-0.4, -0.2) is 22.5 Å². The van der Waals surface area contributed by atoms with E-state index in [9.17, 15) is 4.79 Å². The van der Waals surface area contributed by atoms with Gasteiger partial charge in [-0.25, -0.2) is 4.98 Å². The summed E-state index contributed by atoms with van der Waals surface area (Å²) in [4.78, 5) is 17.9. The second-order valence-electron chi connectivity index (χ2n) is 6.58. The predicted octanol–water partition coefficient (Wildman–Crippen LogP) is 5.88. The number of benzene rings is 2. The molecule has 2 aromatic carbocycles. The van der Waals surface area contributed by atoms with Gasteiger partial charge >= 0.3 is 0 Å². The zero-order valence-corrected chi connectivity index (χ0v) is 19.4. The summed E-state index contributed by atoms with van der Waals surface area (Å²) in [5, 5.41) is 5.02. The molecule has 0 fully saturated rings. The number of aromatic nitrogens is 2. The Hall–Kier alpha value is -2.25. The van der Waals surface area contributed by atoms with Crippen molar-refractivity contribution < 1.29 is 4.74 Å². The molecule has 0 saturated heterocycles.